The Hall–Kier alpha value is -0.0800. The molecule has 2 rings (SSSR count). The standard InChI is InChI=1S/C9H18N2/c1-10-6-8-5-9(8)3-4-11(2)7-9/h8,10H,3-7H2,1-2H3. The maximum Gasteiger partial charge on any atom is 0.00387 e. The van der Waals surface area contributed by atoms with Gasteiger partial charge in [0, 0.05) is 6.54 Å². The van der Waals surface area contributed by atoms with Crippen LogP contribution in [0.5, 0.6) is 0 Å². The molecule has 0 radical (unpaired) electrons. The quantitative estimate of drug-likeness (QED) is 0.625. The van der Waals surface area contributed by atoms with Crippen LogP contribution in [-0.2, 0) is 0 Å². The fourth-order valence-corrected chi connectivity index (χ4v) is 2.58. The van der Waals surface area contributed by atoms with Gasteiger partial charge in [-0.05, 0) is 51.4 Å². The Kier molecular flexibility index (Phi) is 1.69. The van der Waals surface area contributed by atoms with Crippen molar-refractivity contribution in [1.82, 2.24) is 10.2 Å². The molecule has 1 aliphatic heterocycles. The maximum atomic E-state index is 3.28. The van der Waals surface area contributed by atoms with Crippen molar-refractivity contribution in [3.05, 3.63) is 0 Å². The van der Waals surface area contributed by atoms with Gasteiger partial charge < -0.3 is 10.2 Å². The van der Waals surface area contributed by atoms with Crippen molar-refractivity contribution in [2.45, 2.75) is 12.8 Å². The van der Waals surface area contributed by atoms with Crippen molar-refractivity contribution in [1.29, 1.82) is 0 Å². The van der Waals surface area contributed by atoms with Crippen LogP contribution in [0.25, 0.3) is 0 Å². The Balaban J connectivity index is 1.87. The largest absolute Gasteiger partial charge is 0.319 e. The zero-order valence-electron chi connectivity index (χ0n) is 7.56. The summed E-state index contributed by atoms with van der Waals surface area (Å²) in [5.41, 5.74) is 0.748. The molecule has 0 bridgehead atoms. The fourth-order valence-electron chi connectivity index (χ4n) is 2.58. The van der Waals surface area contributed by atoms with E-state index in [1.165, 1.54) is 32.5 Å². The number of nitrogens with zero attached hydrogens (tertiary/aromatic N) is 1. The summed E-state index contributed by atoms with van der Waals surface area (Å²) < 4.78 is 0. The van der Waals surface area contributed by atoms with Crippen LogP contribution in [0.4, 0.5) is 0 Å². The molecule has 1 saturated carbocycles. The van der Waals surface area contributed by atoms with Gasteiger partial charge in [0.25, 0.3) is 0 Å². The average molecular weight is 154 g/mol. The van der Waals surface area contributed by atoms with Gasteiger partial charge >= 0.3 is 0 Å². The molecule has 1 heterocycles. The van der Waals surface area contributed by atoms with Crippen molar-refractivity contribution in [3.63, 3.8) is 0 Å². The number of likely N-dealkylation sites (tertiary alicyclic amines) is 1. The number of hydrogen-bond donors (Lipinski definition) is 1. The summed E-state index contributed by atoms with van der Waals surface area (Å²) in [4.78, 5) is 2.47. The van der Waals surface area contributed by atoms with E-state index >= 15 is 0 Å². The number of hydrogen-bond acceptors (Lipinski definition) is 2. The molecular weight excluding hydrogens is 136 g/mol. The second-order valence-corrected chi connectivity index (χ2v) is 4.31. The molecule has 1 spiro atoms. The summed E-state index contributed by atoms with van der Waals surface area (Å²) in [5, 5.41) is 3.28. The minimum atomic E-state index is 0.748. The molecule has 2 unspecified atom stereocenters. The molecular formula is C9H18N2. The molecule has 0 aromatic rings. The highest BCUT2D eigenvalue weighted by atomic mass is 15.1. The molecule has 2 atom stereocenters. The van der Waals surface area contributed by atoms with Crippen molar-refractivity contribution in [2.24, 2.45) is 11.3 Å². The van der Waals surface area contributed by atoms with Gasteiger partial charge in [0.1, 0.15) is 0 Å². The summed E-state index contributed by atoms with van der Waals surface area (Å²) in [6.45, 7) is 3.90. The van der Waals surface area contributed by atoms with E-state index in [0.717, 1.165) is 11.3 Å². The molecule has 2 nitrogen and oxygen atoms in total. The minimum absolute atomic E-state index is 0.748. The van der Waals surface area contributed by atoms with Crippen molar-refractivity contribution in [3.8, 4) is 0 Å². The van der Waals surface area contributed by atoms with E-state index in [9.17, 15) is 0 Å². The summed E-state index contributed by atoms with van der Waals surface area (Å²) in [6, 6.07) is 0. The van der Waals surface area contributed by atoms with Crippen molar-refractivity contribution >= 4 is 0 Å². The first-order chi connectivity index (χ1) is 5.27. The third-order valence-electron chi connectivity index (χ3n) is 3.39. The first-order valence-corrected chi connectivity index (χ1v) is 4.60. The van der Waals surface area contributed by atoms with Gasteiger partial charge in [-0.1, -0.05) is 0 Å². The van der Waals surface area contributed by atoms with E-state index in [1.54, 1.807) is 0 Å². The van der Waals surface area contributed by atoms with Gasteiger partial charge in [0.15, 0.2) is 0 Å². The number of rotatable bonds is 2. The summed E-state index contributed by atoms with van der Waals surface area (Å²) in [5.74, 6) is 0.984. The highest BCUT2D eigenvalue weighted by Gasteiger charge is 2.55. The summed E-state index contributed by atoms with van der Waals surface area (Å²) in [6.07, 6.45) is 2.91. The topological polar surface area (TPSA) is 15.3 Å². The Labute approximate surface area is 69.0 Å². The van der Waals surface area contributed by atoms with Crippen LogP contribution in [0.3, 0.4) is 0 Å². The van der Waals surface area contributed by atoms with E-state index < -0.39 is 0 Å². The minimum Gasteiger partial charge on any atom is -0.319 e. The Bertz CT molecular complexity index is 158. The van der Waals surface area contributed by atoms with Gasteiger partial charge in [-0.25, -0.2) is 0 Å². The highest BCUT2D eigenvalue weighted by molar-refractivity contribution is 5.07. The van der Waals surface area contributed by atoms with Crippen LogP contribution in [0, 0.1) is 11.3 Å². The zero-order chi connectivity index (χ0) is 7.90. The highest BCUT2D eigenvalue weighted by Crippen LogP contribution is 2.57. The summed E-state index contributed by atoms with van der Waals surface area (Å²) >= 11 is 0. The average Bonchev–Trinajstić information content (AvgIpc) is 2.46. The van der Waals surface area contributed by atoms with E-state index in [-0.39, 0.29) is 0 Å². The lowest BCUT2D eigenvalue weighted by Gasteiger charge is -2.09. The number of nitrogens with one attached hydrogen (secondary N) is 1. The Morgan fingerprint density at radius 3 is 3.00 bits per heavy atom. The molecule has 0 aromatic carbocycles. The third-order valence-corrected chi connectivity index (χ3v) is 3.39. The lowest BCUT2D eigenvalue weighted by molar-refractivity contribution is 0.374. The molecule has 64 valence electrons. The first-order valence-electron chi connectivity index (χ1n) is 4.60. The monoisotopic (exact) mass is 154 g/mol. The molecule has 1 N–H and O–H groups in total. The van der Waals surface area contributed by atoms with Crippen LogP contribution in [0.1, 0.15) is 12.8 Å². The van der Waals surface area contributed by atoms with Gasteiger partial charge in [-0.3, -0.25) is 0 Å². The van der Waals surface area contributed by atoms with E-state index in [2.05, 4.69) is 24.3 Å². The zero-order valence-corrected chi connectivity index (χ0v) is 7.56. The third kappa shape index (κ3) is 1.18. The van der Waals surface area contributed by atoms with Crippen LogP contribution in [0.2, 0.25) is 0 Å². The van der Waals surface area contributed by atoms with Gasteiger partial charge in [0.05, 0.1) is 0 Å². The van der Waals surface area contributed by atoms with Crippen molar-refractivity contribution in [2.75, 3.05) is 33.7 Å². The van der Waals surface area contributed by atoms with E-state index in [4.69, 9.17) is 0 Å². The van der Waals surface area contributed by atoms with Crippen LogP contribution in [0.15, 0.2) is 0 Å². The SMILES string of the molecule is CNCC1CC12CCN(C)C2. The molecule has 1 saturated heterocycles. The Morgan fingerprint density at radius 2 is 2.45 bits per heavy atom. The normalized spacial score (nSPS) is 43.6. The molecule has 11 heavy (non-hydrogen) atoms. The molecule has 1 aliphatic carbocycles. The molecule has 2 heteroatoms. The van der Waals surface area contributed by atoms with Gasteiger partial charge in [-0.15, -0.1) is 0 Å². The predicted molar refractivity (Wildman–Crippen MR) is 46.6 cm³/mol. The molecule has 2 aliphatic rings. The smallest absolute Gasteiger partial charge is 0.00387 e. The van der Waals surface area contributed by atoms with Crippen LogP contribution in [-0.4, -0.2) is 38.6 Å². The van der Waals surface area contributed by atoms with Gasteiger partial charge in [0.2, 0.25) is 0 Å². The Morgan fingerprint density at radius 1 is 1.64 bits per heavy atom. The lowest BCUT2D eigenvalue weighted by atomic mass is 10.0. The fraction of sp³-hybridized carbons (Fsp3) is 1.00. The summed E-state index contributed by atoms with van der Waals surface area (Å²) in [7, 11) is 4.30. The van der Waals surface area contributed by atoms with Gasteiger partial charge in [-0.2, -0.15) is 0 Å². The molecule has 0 amide bonds. The first kappa shape index (κ1) is 7.56. The second kappa shape index (κ2) is 2.46. The van der Waals surface area contributed by atoms with Crippen LogP contribution >= 0.6 is 0 Å². The second-order valence-electron chi connectivity index (χ2n) is 4.31. The lowest BCUT2D eigenvalue weighted by Crippen LogP contribution is -2.18. The predicted octanol–water partition coefficient (Wildman–Crippen LogP) is 0.548. The van der Waals surface area contributed by atoms with Crippen molar-refractivity contribution < 1.29 is 0 Å². The van der Waals surface area contributed by atoms with Crippen LogP contribution < -0.4 is 5.32 Å². The maximum absolute atomic E-state index is 3.28. The van der Waals surface area contributed by atoms with E-state index in [1.807, 2.05) is 0 Å². The molecule has 0 aromatic heterocycles. The molecule has 2 fully saturated rings. The van der Waals surface area contributed by atoms with E-state index in [0.29, 0.717) is 0 Å².